The standard InChI is InChI=1S/C18H19N5O4/c1-12-10-17(25)22(11-20-12)8-7-19-18(26)13(2)23-16(24)6-5-14(21-23)15-4-3-9-27-15/h3-6,9-11,13H,7-8H2,1-2H3,(H,19,26). The predicted molar refractivity (Wildman–Crippen MR) is 97.2 cm³/mol. The molecule has 1 unspecified atom stereocenters. The summed E-state index contributed by atoms with van der Waals surface area (Å²) < 4.78 is 7.78. The second-order valence-electron chi connectivity index (χ2n) is 6.01. The Hall–Kier alpha value is -3.49. The molecule has 1 N–H and O–H groups in total. The first-order valence-corrected chi connectivity index (χ1v) is 8.40. The first-order valence-electron chi connectivity index (χ1n) is 8.40. The third kappa shape index (κ3) is 4.20. The molecule has 0 aliphatic heterocycles. The fourth-order valence-corrected chi connectivity index (χ4v) is 2.50. The molecule has 0 aliphatic rings. The number of aryl methyl sites for hydroxylation is 1. The quantitative estimate of drug-likeness (QED) is 0.686. The number of rotatable bonds is 6. The van der Waals surface area contributed by atoms with E-state index in [4.69, 9.17) is 4.42 Å². The molecular formula is C18H19N5O4. The Morgan fingerprint density at radius 3 is 2.78 bits per heavy atom. The monoisotopic (exact) mass is 369 g/mol. The lowest BCUT2D eigenvalue weighted by Gasteiger charge is -2.15. The summed E-state index contributed by atoms with van der Waals surface area (Å²) in [5.41, 5.74) is 0.507. The van der Waals surface area contributed by atoms with E-state index in [0.29, 0.717) is 17.1 Å². The van der Waals surface area contributed by atoms with E-state index in [0.717, 1.165) is 4.68 Å². The third-order valence-electron chi connectivity index (χ3n) is 4.01. The summed E-state index contributed by atoms with van der Waals surface area (Å²) >= 11 is 0. The maximum Gasteiger partial charge on any atom is 0.267 e. The number of hydrogen-bond acceptors (Lipinski definition) is 6. The van der Waals surface area contributed by atoms with E-state index in [1.807, 2.05) is 0 Å². The summed E-state index contributed by atoms with van der Waals surface area (Å²) in [6.45, 7) is 3.81. The Morgan fingerprint density at radius 2 is 2.07 bits per heavy atom. The molecule has 0 radical (unpaired) electrons. The van der Waals surface area contributed by atoms with E-state index in [9.17, 15) is 14.4 Å². The molecule has 1 amide bonds. The molecule has 0 spiro atoms. The second kappa shape index (κ2) is 7.81. The van der Waals surface area contributed by atoms with Gasteiger partial charge >= 0.3 is 0 Å². The number of hydrogen-bond donors (Lipinski definition) is 1. The highest BCUT2D eigenvalue weighted by Crippen LogP contribution is 2.16. The summed E-state index contributed by atoms with van der Waals surface area (Å²) in [6, 6.07) is 6.92. The average molecular weight is 369 g/mol. The zero-order valence-corrected chi connectivity index (χ0v) is 15.0. The van der Waals surface area contributed by atoms with E-state index in [1.165, 1.54) is 29.3 Å². The Balaban J connectivity index is 1.67. The predicted octanol–water partition coefficient (Wildman–Crippen LogP) is 0.746. The van der Waals surface area contributed by atoms with Gasteiger partial charge in [-0.3, -0.25) is 19.0 Å². The van der Waals surface area contributed by atoms with Crippen molar-refractivity contribution in [2.45, 2.75) is 26.4 Å². The van der Waals surface area contributed by atoms with Gasteiger partial charge in [0.1, 0.15) is 11.7 Å². The molecule has 1 atom stereocenters. The van der Waals surface area contributed by atoms with Crippen molar-refractivity contribution in [2.75, 3.05) is 6.54 Å². The largest absolute Gasteiger partial charge is 0.463 e. The lowest BCUT2D eigenvalue weighted by atomic mass is 10.3. The minimum Gasteiger partial charge on any atom is -0.463 e. The van der Waals surface area contributed by atoms with Crippen LogP contribution in [0.4, 0.5) is 0 Å². The molecule has 140 valence electrons. The van der Waals surface area contributed by atoms with Gasteiger partial charge in [0.05, 0.1) is 12.6 Å². The minimum absolute atomic E-state index is 0.186. The maximum absolute atomic E-state index is 12.4. The lowest BCUT2D eigenvalue weighted by molar-refractivity contribution is -0.124. The number of carbonyl (C=O) groups is 1. The average Bonchev–Trinajstić information content (AvgIpc) is 3.18. The van der Waals surface area contributed by atoms with Gasteiger partial charge in [0, 0.05) is 30.9 Å². The van der Waals surface area contributed by atoms with Gasteiger partial charge in [0.25, 0.3) is 11.1 Å². The van der Waals surface area contributed by atoms with Crippen molar-refractivity contribution in [3.8, 4) is 11.5 Å². The zero-order valence-electron chi connectivity index (χ0n) is 15.0. The SMILES string of the molecule is Cc1cc(=O)n(CCNC(=O)C(C)n2nc(-c3ccco3)ccc2=O)cn1. The molecule has 9 nitrogen and oxygen atoms in total. The zero-order chi connectivity index (χ0) is 19.4. The molecule has 9 heteroatoms. The molecule has 3 rings (SSSR count). The van der Waals surface area contributed by atoms with Gasteiger partial charge in [-0.25, -0.2) is 9.67 Å². The normalized spacial score (nSPS) is 11.9. The molecule has 0 fully saturated rings. The Morgan fingerprint density at radius 1 is 1.26 bits per heavy atom. The topological polar surface area (TPSA) is 112 Å². The van der Waals surface area contributed by atoms with Crippen LogP contribution in [-0.4, -0.2) is 31.8 Å². The Labute approximate surface area is 154 Å². The Kier molecular flexibility index (Phi) is 5.30. The molecule has 0 saturated carbocycles. The number of amides is 1. The number of aromatic nitrogens is 4. The second-order valence-corrected chi connectivity index (χ2v) is 6.01. The summed E-state index contributed by atoms with van der Waals surface area (Å²) in [7, 11) is 0. The molecule has 3 aromatic rings. The van der Waals surface area contributed by atoms with E-state index < -0.39 is 11.6 Å². The van der Waals surface area contributed by atoms with E-state index in [1.54, 1.807) is 32.0 Å². The van der Waals surface area contributed by atoms with Crippen LogP contribution in [-0.2, 0) is 11.3 Å². The first-order chi connectivity index (χ1) is 13.0. The minimum atomic E-state index is -0.819. The van der Waals surface area contributed by atoms with Gasteiger partial charge < -0.3 is 9.73 Å². The number of carbonyl (C=O) groups excluding carboxylic acids is 1. The van der Waals surface area contributed by atoms with Crippen LogP contribution in [0.3, 0.4) is 0 Å². The van der Waals surface area contributed by atoms with Crippen LogP contribution >= 0.6 is 0 Å². The molecule has 0 saturated heterocycles. The van der Waals surface area contributed by atoms with E-state index >= 15 is 0 Å². The fraction of sp³-hybridized carbons (Fsp3) is 0.278. The van der Waals surface area contributed by atoms with Gasteiger partial charge in [-0.05, 0) is 32.0 Å². The molecular weight excluding hydrogens is 350 g/mol. The summed E-state index contributed by atoms with van der Waals surface area (Å²) in [6.07, 6.45) is 2.94. The van der Waals surface area contributed by atoms with Crippen molar-refractivity contribution in [1.29, 1.82) is 0 Å². The van der Waals surface area contributed by atoms with Crippen LogP contribution in [0.2, 0.25) is 0 Å². The summed E-state index contributed by atoms with van der Waals surface area (Å²) in [5.74, 6) is 0.122. The summed E-state index contributed by atoms with van der Waals surface area (Å²) in [5, 5.41) is 6.91. The van der Waals surface area contributed by atoms with Crippen molar-refractivity contribution < 1.29 is 9.21 Å². The van der Waals surface area contributed by atoms with Crippen molar-refractivity contribution >= 4 is 5.91 Å². The van der Waals surface area contributed by atoms with Crippen LogP contribution in [0.5, 0.6) is 0 Å². The highest BCUT2D eigenvalue weighted by molar-refractivity contribution is 5.79. The van der Waals surface area contributed by atoms with Crippen molar-refractivity contribution in [3.63, 3.8) is 0 Å². The maximum atomic E-state index is 12.4. The Bertz CT molecular complexity index is 1050. The fourth-order valence-electron chi connectivity index (χ4n) is 2.50. The van der Waals surface area contributed by atoms with Crippen molar-refractivity contribution in [3.05, 3.63) is 69.3 Å². The van der Waals surface area contributed by atoms with Crippen LogP contribution in [0.1, 0.15) is 18.7 Å². The van der Waals surface area contributed by atoms with Gasteiger partial charge in [-0.2, -0.15) is 5.10 Å². The van der Waals surface area contributed by atoms with E-state index in [2.05, 4.69) is 15.4 Å². The van der Waals surface area contributed by atoms with Crippen LogP contribution in [0, 0.1) is 6.92 Å². The van der Waals surface area contributed by atoms with Crippen LogP contribution in [0.15, 0.2) is 56.9 Å². The van der Waals surface area contributed by atoms with Gasteiger partial charge in [0.15, 0.2) is 5.76 Å². The van der Waals surface area contributed by atoms with Gasteiger partial charge in [0.2, 0.25) is 5.91 Å². The molecule has 3 aromatic heterocycles. The van der Waals surface area contributed by atoms with Crippen LogP contribution < -0.4 is 16.4 Å². The molecule has 0 aliphatic carbocycles. The third-order valence-corrected chi connectivity index (χ3v) is 4.01. The molecule has 3 heterocycles. The summed E-state index contributed by atoms with van der Waals surface area (Å²) in [4.78, 5) is 40.3. The lowest BCUT2D eigenvalue weighted by Crippen LogP contribution is -2.38. The highest BCUT2D eigenvalue weighted by Gasteiger charge is 2.18. The van der Waals surface area contributed by atoms with Crippen molar-refractivity contribution in [2.24, 2.45) is 0 Å². The number of nitrogens with zero attached hydrogens (tertiary/aromatic N) is 4. The van der Waals surface area contributed by atoms with Gasteiger partial charge in [-0.1, -0.05) is 0 Å². The molecule has 27 heavy (non-hydrogen) atoms. The van der Waals surface area contributed by atoms with Crippen LogP contribution in [0.25, 0.3) is 11.5 Å². The molecule has 0 bridgehead atoms. The highest BCUT2D eigenvalue weighted by atomic mass is 16.3. The number of furan rings is 1. The smallest absolute Gasteiger partial charge is 0.267 e. The van der Waals surface area contributed by atoms with Gasteiger partial charge in [-0.15, -0.1) is 0 Å². The first kappa shape index (κ1) is 18.3. The van der Waals surface area contributed by atoms with Crippen molar-refractivity contribution in [1.82, 2.24) is 24.6 Å². The molecule has 0 aromatic carbocycles. The van der Waals surface area contributed by atoms with E-state index in [-0.39, 0.29) is 24.6 Å². The number of nitrogens with one attached hydrogen (secondary N) is 1.